The minimum Gasteiger partial charge on any atom is -0.348 e. The number of amides is 1. The van der Waals surface area contributed by atoms with Crippen LogP contribution in [0.2, 0.25) is 10.0 Å². The van der Waals surface area contributed by atoms with Crippen LogP contribution in [-0.2, 0) is 11.3 Å². The maximum absolute atomic E-state index is 12.6. The molecule has 5 nitrogen and oxygen atoms in total. The fraction of sp³-hybridized carbons (Fsp3) is 0.211. The first-order chi connectivity index (χ1) is 12.8. The van der Waals surface area contributed by atoms with Crippen molar-refractivity contribution < 1.29 is 4.79 Å². The van der Waals surface area contributed by atoms with Crippen LogP contribution in [0.3, 0.4) is 0 Å². The number of aromatic nitrogens is 3. The Kier molecular flexibility index (Phi) is 5.99. The van der Waals surface area contributed by atoms with E-state index in [4.69, 9.17) is 35.4 Å². The lowest BCUT2D eigenvalue weighted by molar-refractivity contribution is -0.122. The molecule has 0 radical (unpaired) electrons. The van der Waals surface area contributed by atoms with Crippen molar-refractivity contribution in [3.8, 4) is 11.4 Å². The number of carbonyl (C=O) groups is 1. The van der Waals surface area contributed by atoms with Gasteiger partial charge in [0.05, 0.1) is 6.04 Å². The number of hydrogen-bond donors (Lipinski definition) is 2. The molecule has 0 saturated heterocycles. The first kappa shape index (κ1) is 19.6. The molecule has 0 aliphatic carbocycles. The maximum Gasteiger partial charge on any atom is 0.240 e. The van der Waals surface area contributed by atoms with E-state index in [0.717, 1.165) is 16.7 Å². The number of nitrogens with zero attached hydrogens (tertiary/aromatic N) is 2. The number of aryl methyl sites for hydroxylation is 1. The van der Waals surface area contributed by atoms with Gasteiger partial charge in [0.1, 0.15) is 6.54 Å². The largest absolute Gasteiger partial charge is 0.348 e. The lowest BCUT2D eigenvalue weighted by Crippen LogP contribution is -2.30. The van der Waals surface area contributed by atoms with Crippen LogP contribution in [0.5, 0.6) is 0 Å². The number of hydrogen-bond acceptors (Lipinski definition) is 3. The third-order valence-electron chi connectivity index (χ3n) is 4.18. The van der Waals surface area contributed by atoms with Crippen LogP contribution in [0.25, 0.3) is 11.4 Å². The first-order valence-electron chi connectivity index (χ1n) is 8.31. The van der Waals surface area contributed by atoms with Crippen LogP contribution >= 0.6 is 35.4 Å². The van der Waals surface area contributed by atoms with Crippen LogP contribution in [0, 0.1) is 11.7 Å². The summed E-state index contributed by atoms with van der Waals surface area (Å²) in [6.07, 6.45) is 0. The van der Waals surface area contributed by atoms with Gasteiger partial charge in [-0.1, -0.05) is 59.1 Å². The zero-order chi connectivity index (χ0) is 19.6. The highest BCUT2D eigenvalue weighted by Gasteiger charge is 2.16. The highest BCUT2D eigenvalue weighted by Crippen LogP contribution is 2.26. The van der Waals surface area contributed by atoms with Gasteiger partial charge in [-0.2, -0.15) is 5.10 Å². The standard InChI is InChI=1S/C19H18Cl2N4OS/c1-11-3-5-13(6-4-11)18-23-24-19(27)25(18)10-17(26)22-12(2)15-8-7-14(20)9-16(15)21/h3-9,12H,10H2,1-2H3,(H,22,26)(H,24,27). The highest BCUT2D eigenvalue weighted by molar-refractivity contribution is 7.71. The van der Waals surface area contributed by atoms with Crippen molar-refractivity contribution in [2.45, 2.75) is 26.4 Å². The smallest absolute Gasteiger partial charge is 0.240 e. The Bertz CT molecular complexity index is 1030. The van der Waals surface area contributed by atoms with E-state index < -0.39 is 0 Å². The quantitative estimate of drug-likeness (QED) is 0.564. The predicted molar refractivity (Wildman–Crippen MR) is 111 cm³/mol. The summed E-state index contributed by atoms with van der Waals surface area (Å²) >= 11 is 17.4. The Morgan fingerprint density at radius 2 is 1.96 bits per heavy atom. The molecule has 3 rings (SSSR count). The molecule has 0 saturated carbocycles. The monoisotopic (exact) mass is 420 g/mol. The molecule has 0 fully saturated rings. The Hall–Kier alpha value is -2.15. The third-order valence-corrected chi connectivity index (χ3v) is 5.05. The molecule has 140 valence electrons. The third kappa shape index (κ3) is 4.58. The summed E-state index contributed by atoms with van der Waals surface area (Å²) in [5.74, 6) is 0.423. The van der Waals surface area contributed by atoms with Crippen molar-refractivity contribution in [1.82, 2.24) is 20.1 Å². The predicted octanol–water partition coefficient (Wildman–Crippen LogP) is 5.10. The minimum absolute atomic E-state index is 0.0497. The fourth-order valence-corrected chi connectivity index (χ4v) is 3.52. The average molecular weight is 421 g/mol. The molecule has 0 aliphatic rings. The van der Waals surface area contributed by atoms with Crippen molar-refractivity contribution >= 4 is 41.3 Å². The van der Waals surface area contributed by atoms with Crippen LogP contribution < -0.4 is 5.32 Å². The van der Waals surface area contributed by atoms with Crippen molar-refractivity contribution in [2.24, 2.45) is 0 Å². The molecular weight excluding hydrogens is 403 g/mol. The summed E-state index contributed by atoms with van der Waals surface area (Å²) in [5, 5.41) is 11.0. The second-order valence-corrected chi connectivity index (χ2v) is 7.49. The molecule has 3 aromatic rings. The Morgan fingerprint density at radius 1 is 1.26 bits per heavy atom. The number of nitrogens with one attached hydrogen (secondary N) is 2. The highest BCUT2D eigenvalue weighted by atomic mass is 35.5. The molecule has 0 spiro atoms. The molecule has 1 aromatic heterocycles. The Labute approximate surface area is 172 Å². The number of benzene rings is 2. The summed E-state index contributed by atoms with van der Waals surface area (Å²) in [6.45, 7) is 3.92. The number of aromatic amines is 1. The van der Waals surface area contributed by atoms with Gasteiger partial charge in [-0.15, -0.1) is 0 Å². The van der Waals surface area contributed by atoms with Gasteiger partial charge in [-0.3, -0.25) is 14.5 Å². The summed E-state index contributed by atoms with van der Waals surface area (Å²) in [5.41, 5.74) is 2.82. The fourth-order valence-electron chi connectivity index (χ4n) is 2.75. The van der Waals surface area contributed by atoms with E-state index in [1.54, 1.807) is 22.8 Å². The molecule has 1 heterocycles. The number of carbonyl (C=O) groups excluding carboxylic acids is 1. The average Bonchev–Trinajstić information content (AvgIpc) is 2.96. The van der Waals surface area contributed by atoms with E-state index in [2.05, 4.69) is 15.5 Å². The van der Waals surface area contributed by atoms with Crippen molar-refractivity contribution in [3.63, 3.8) is 0 Å². The molecule has 8 heteroatoms. The number of halogens is 2. The molecule has 1 unspecified atom stereocenters. The van der Waals surface area contributed by atoms with E-state index in [0.29, 0.717) is 20.6 Å². The van der Waals surface area contributed by atoms with Crippen LogP contribution in [-0.4, -0.2) is 20.7 Å². The lowest BCUT2D eigenvalue weighted by atomic mass is 10.1. The van der Waals surface area contributed by atoms with Gasteiger partial charge in [0.2, 0.25) is 5.91 Å². The number of rotatable bonds is 5. The van der Waals surface area contributed by atoms with Crippen LogP contribution in [0.4, 0.5) is 0 Å². The lowest BCUT2D eigenvalue weighted by Gasteiger charge is -2.16. The van der Waals surface area contributed by atoms with E-state index in [1.807, 2.05) is 38.1 Å². The first-order valence-corrected chi connectivity index (χ1v) is 9.48. The van der Waals surface area contributed by atoms with Crippen LogP contribution in [0.15, 0.2) is 42.5 Å². The summed E-state index contributed by atoms with van der Waals surface area (Å²) < 4.78 is 2.06. The molecule has 2 aromatic carbocycles. The normalized spacial score (nSPS) is 12.0. The van der Waals surface area contributed by atoms with E-state index in [1.165, 1.54) is 0 Å². The second kappa shape index (κ2) is 8.25. The zero-order valence-corrected chi connectivity index (χ0v) is 17.1. The summed E-state index contributed by atoms with van der Waals surface area (Å²) in [7, 11) is 0. The maximum atomic E-state index is 12.6. The molecule has 0 bridgehead atoms. The van der Waals surface area contributed by atoms with Gasteiger partial charge >= 0.3 is 0 Å². The van der Waals surface area contributed by atoms with Gasteiger partial charge in [-0.05, 0) is 43.8 Å². The van der Waals surface area contributed by atoms with Crippen molar-refractivity contribution in [2.75, 3.05) is 0 Å². The van der Waals surface area contributed by atoms with Crippen molar-refractivity contribution in [1.29, 1.82) is 0 Å². The van der Waals surface area contributed by atoms with Gasteiger partial charge < -0.3 is 5.32 Å². The topological polar surface area (TPSA) is 62.7 Å². The summed E-state index contributed by atoms with van der Waals surface area (Å²) in [6, 6.07) is 12.8. The SMILES string of the molecule is Cc1ccc(-c2n[nH]c(=S)n2CC(=O)NC(C)c2ccc(Cl)cc2Cl)cc1. The summed E-state index contributed by atoms with van der Waals surface area (Å²) in [4.78, 5) is 12.6. The van der Waals surface area contributed by atoms with Crippen LogP contribution in [0.1, 0.15) is 24.1 Å². The van der Waals surface area contributed by atoms with E-state index in [9.17, 15) is 4.79 Å². The molecule has 0 aliphatic heterocycles. The van der Waals surface area contributed by atoms with Gasteiger partial charge in [0.15, 0.2) is 10.6 Å². The Balaban J connectivity index is 1.77. The number of H-pyrrole nitrogens is 1. The van der Waals surface area contributed by atoms with E-state index in [-0.39, 0.29) is 18.5 Å². The van der Waals surface area contributed by atoms with Crippen molar-refractivity contribution in [3.05, 3.63) is 68.4 Å². The molecule has 1 atom stereocenters. The van der Waals surface area contributed by atoms with Gasteiger partial charge in [0.25, 0.3) is 0 Å². The minimum atomic E-state index is -0.272. The van der Waals surface area contributed by atoms with E-state index >= 15 is 0 Å². The zero-order valence-electron chi connectivity index (χ0n) is 14.8. The Morgan fingerprint density at radius 3 is 2.63 bits per heavy atom. The second-order valence-electron chi connectivity index (χ2n) is 6.26. The van der Waals surface area contributed by atoms with Gasteiger partial charge in [-0.25, -0.2) is 0 Å². The molecule has 2 N–H and O–H groups in total. The molecule has 27 heavy (non-hydrogen) atoms. The van der Waals surface area contributed by atoms with Gasteiger partial charge in [0, 0.05) is 15.6 Å². The molecular formula is C19H18Cl2N4OS. The molecule has 1 amide bonds.